The van der Waals surface area contributed by atoms with Crippen molar-refractivity contribution in [1.29, 1.82) is 0 Å². The molecule has 1 saturated heterocycles. The maximum Gasteiger partial charge on any atom is 0.136 e. The van der Waals surface area contributed by atoms with Gasteiger partial charge in [-0.15, -0.1) is 0 Å². The van der Waals surface area contributed by atoms with Crippen LogP contribution in [-0.4, -0.2) is 22.9 Å². The molecule has 1 aliphatic heterocycles. The van der Waals surface area contributed by atoms with Crippen LogP contribution in [0.15, 0.2) is 0 Å². The van der Waals surface area contributed by atoms with Crippen molar-refractivity contribution in [1.82, 2.24) is 5.01 Å². The summed E-state index contributed by atoms with van der Waals surface area (Å²) in [6.07, 6.45) is 1.20. The lowest BCUT2D eigenvalue weighted by Crippen LogP contribution is -2.53. The minimum absolute atomic E-state index is 0.130. The first kappa shape index (κ1) is 7.69. The van der Waals surface area contributed by atoms with Crippen LogP contribution in [0, 0.1) is 0 Å². The van der Waals surface area contributed by atoms with Crippen LogP contribution in [0.25, 0.3) is 0 Å². The molecule has 0 aliphatic carbocycles. The van der Waals surface area contributed by atoms with E-state index >= 15 is 0 Å². The third-order valence-electron chi connectivity index (χ3n) is 2.04. The predicted octanol–water partition coefficient (Wildman–Crippen LogP) is 0.304. The van der Waals surface area contributed by atoms with Gasteiger partial charge in [0.1, 0.15) is 5.78 Å². The second-order valence-corrected chi connectivity index (χ2v) is 3.47. The second kappa shape index (κ2) is 2.32. The summed E-state index contributed by atoms with van der Waals surface area (Å²) in [6, 6.07) is 0. The summed E-state index contributed by atoms with van der Waals surface area (Å²) in [6.45, 7) is 4.68. The number of nitrogens with two attached hydrogens (primary N) is 1. The van der Waals surface area contributed by atoms with Gasteiger partial charge >= 0.3 is 0 Å². The molecule has 0 unspecified atom stereocenters. The van der Waals surface area contributed by atoms with E-state index in [9.17, 15) is 4.79 Å². The van der Waals surface area contributed by atoms with Gasteiger partial charge in [-0.2, -0.15) is 0 Å². The first-order chi connectivity index (χ1) is 4.52. The topological polar surface area (TPSA) is 46.3 Å². The quantitative estimate of drug-likeness (QED) is 0.495. The highest BCUT2D eigenvalue weighted by Crippen LogP contribution is 2.21. The fourth-order valence-corrected chi connectivity index (χ4v) is 1.22. The highest BCUT2D eigenvalue weighted by atomic mass is 16.1. The first-order valence-corrected chi connectivity index (χ1v) is 3.56. The van der Waals surface area contributed by atoms with E-state index in [2.05, 4.69) is 0 Å². The Kier molecular flexibility index (Phi) is 1.79. The summed E-state index contributed by atoms with van der Waals surface area (Å²) < 4.78 is 0. The lowest BCUT2D eigenvalue weighted by molar-refractivity contribution is -0.125. The largest absolute Gasteiger partial charge is 0.300 e. The van der Waals surface area contributed by atoms with E-state index in [4.69, 9.17) is 5.84 Å². The molecular formula is C7H14N2O. The minimum Gasteiger partial charge on any atom is -0.300 e. The molecule has 0 aromatic carbocycles. The molecule has 0 spiro atoms. The molecule has 0 amide bonds. The smallest absolute Gasteiger partial charge is 0.136 e. The summed E-state index contributed by atoms with van der Waals surface area (Å²) in [5.74, 6) is 5.98. The molecule has 3 heteroatoms. The van der Waals surface area contributed by atoms with Gasteiger partial charge in [0.05, 0.1) is 0 Å². The van der Waals surface area contributed by atoms with Crippen LogP contribution in [0.2, 0.25) is 0 Å². The summed E-state index contributed by atoms with van der Waals surface area (Å²) in [5.41, 5.74) is -0.130. The van der Waals surface area contributed by atoms with Gasteiger partial charge in [-0.05, 0) is 13.8 Å². The van der Waals surface area contributed by atoms with Crippen LogP contribution in [0.3, 0.4) is 0 Å². The molecule has 58 valence electrons. The Morgan fingerprint density at radius 2 is 2.20 bits per heavy atom. The number of hydrogen-bond acceptors (Lipinski definition) is 3. The minimum atomic E-state index is -0.130. The van der Waals surface area contributed by atoms with Gasteiger partial charge in [0.15, 0.2) is 0 Å². The number of rotatable bonds is 0. The fraction of sp³-hybridized carbons (Fsp3) is 0.857. The number of Topliss-reactive ketones (excluding diaryl/α,β-unsaturated/α-hetero) is 1. The zero-order chi connectivity index (χ0) is 7.78. The number of carbonyl (C=O) groups is 1. The van der Waals surface area contributed by atoms with Crippen molar-refractivity contribution >= 4 is 5.78 Å². The summed E-state index contributed by atoms with van der Waals surface area (Å²) in [7, 11) is 0. The van der Waals surface area contributed by atoms with Crippen LogP contribution in [-0.2, 0) is 4.79 Å². The Labute approximate surface area is 61.2 Å². The average molecular weight is 142 g/mol. The van der Waals surface area contributed by atoms with Crippen molar-refractivity contribution in [2.24, 2.45) is 5.84 Å². The molecular weight excluding hydrogens is 128 g/mol. The molecule has 0 bridgehead atoms. The van der Waals surface area contributed by atoms with Crippen LogP contribution in [0.1, 0.15) is 26.7 Å². The fourth-order valence-electron chi connectivity index (χ4n) is 1.22. The van der Waals surface area contributed by atoms with Crippen LogP contribution < -0.4 is 5.84 Å². The Morgan fingerprint density at radius 3 is 2.60 bits per heavy atom. The number of nitrogens with zero attached hydrogens (tertiary/aromatic N) is 1. The summed E-state index contributed by atoms with van der Waals surface area (Å²) in [5, 5.41) is 1.74. The zero-order valence-electron chi connectivity index (χ0n) is 6.55. The SMILES string of the molecule is CC1(C)CC(=O)CCN1N. The normalized spacial score (nSPS) is 26.9. The van der Waals surface area contributed by atoms with Crippen LogP contribution >= 0.6 is 0 Å². The molecule has 0 atom stereocenters. The van der Waals surface area contributed by atoms with Crippen molar-refractivity contribution in [3.8, 4) is 0 Å². The molecule has 10 heavy (non-hydrogen) atoms. The Balaban J connectivity index is 2.63. The molecule has 3 nitrogen and oxygen atoms in total. The van der Waals surface area contributed by atoms with Gasteiger partial charge in [-0.3, -0.25) is 10.6 Å². The highest BCUT2D eigenvalue weighted by Gasteiger charge is 2.31. The van der Waals surface area contributed by atoms with E-state index in [1.165, 1.54) is 0 Å². The van der Waals surface area contributed by atoms with Crippen molar-refractivity contribution in [3.05, 3.63) is 0 Å². The maximum atomic E-state index is 10.9. The van der Waals surface area contributed by atoms with E-state index in [0.717, 1.165) is 0 Å². The van der Waals surface area contributed by atoms with Crippen LogP contribution in [0.5, 0.6) is 0 Å². The van der Waals surface area contributed by atoms with Crippen molar-refractivity contribution < 1.29 is 4.79 Å². The maximum absolute atomic E-state index is 10.9. The lowest BCUT2D eigenvalue weighted by atomic mass is 9.91. The molecule has 0 radical (unpaired) electrons. The Bertz CT molecular complexity index is 154. The highest BCUT2D eigenvalue weighted by molar-refractivity contribution is 5.80. The first-order valence-electron chi connectivity index (χ1n) is 3.56. The Hall–Kier alpha value is -0.410. The van der Waals surface area contributed by atoms with E-state index in [1.807, 2.05) is 13.8 Å². The molecule has 1 aliphatic rings. The zero-order valence-corrected chi connectivity index (χ0v) is 6.55. The summed E-state index contributed by atoms with van der Waals surface area (Å²) in [4.78, 5) is 10.9. The molecule has 1 fully saturated rings. The number of ketones is 1. The third kappa shape index (κ3) is 1.36. The van der Waals surface area contributed by atoms with Gasteiger partial charge in [0.2, 0.25) is 0 Å². The second-order valence-electron chi connectivity index (χ2n) is 3.47. The van der Waals surface area contributed by atoms with Gasteiger partial charge in [0.25, 0.3) is 0 Å². The number of carbonyl (C=O) groups excluding carboxylic acids is 1. The van der Waals surface area contributed by atoms with E-state index < -0.39 is 0 Å². The number of hydrazine groups is 1. The van der Waals surface area contributed by atoms with Crippen molar-refractivity contribution in [3.63, 3.8) is 0 Å². The van der Waals surface area contributed by atoms with Gasteiger partial charge < -0.3 is 0 Å². The van der Waals surface area contributed by atoms with E-state index in [-0.39, 0.29) is 5.54 Å². The predicted molar refractivity (Wildman–Crippen MR) is 39.2 cm³/mol. The molecule has 0 aromatic heterocycles. The van der Waals surface area contributed by atoms with Gasteiger partial charge in [0, 0.05) is 24.9 Å². The number of piperidine rings is 1. The van der Waals surface area contributed by atoms with Crippen molar-refractivity contribution in [2.45, 2.75) is 32.2 Å². The van der Waals surface area contributed by atoms with Gasteiger partial charge in [-0.1, -0.05) is 0 Å². The molecule has 1 heterocycles. The molecule has 2 N–H and O–H groups in total. The Morgan fingerprint density at radius 1 is 1.60 bits per heavy atom. The van der Waals surface area contributed by atoms with Crippen molar-refractivity contribution in [2.75, 3.05) is 6.54 Å². The molecule has 1 rings (SSSR count). The molecule has 0 saturated carbocycles. The summed E-state index contributed by atoms with van der Waals surface area (Å²) >= 11 is 0. The standard InChI is InChI=1S/C7H14N2O/c1-7(2)5-6(10)3-4-9(7)8/h3-5,8H2,1-2H3. The van der Waals surface area contributed by atoms with Gasteiger partial charge in [-0.25, -0.2) is 5.01 Å². The van der Waals surface area contributed by atoms with Crippen LogP contribution in [0.4, 0.5) is 0 Å². The average Bonchev–Trinajstić information content (AvgIpc) is 1.78. The number of hydrogen-bond donors (Lipinski definition) is 1. The molecule has 0 aromatic rings. The van der Waals surface area contributed by atoms with E-state index in [1.54, 1.807) is 5.01 Å². The monoisotopic (exact) mass is 142 g/mol. The van der Waals surface area contributed by atoms with E-state index in [0.29, 0.717) is 25.2 Å². The lowest BCUT2D eigenvalue weighted by Gasteiger charge is -2.37. The third-order valence-corrected chi connectivity index (χ3v) is 2.04.